The van der Waals surface area contributed by atoms with Gasteiger partial charge in [-0.05, 0) is 29.8 Å². The van der Waals surface area contributed by atoms with Crippen LogP contribution in [-0.2, 0) is 11.2 Å². The second kappa shape index (κ2) is 5.49. The summed E-state index contributed by atoms with van der Waals surface area (Å²) in [7, 11) is 0. The summed E-state index contributed by atoms with van der Waals surface area (Å²) in [6.07, 6.45) is -0.0231. The number of nitrogen functional groups attached to an aromatic ring is 1. The Balaban J connectivity index is 1.75. The molecule has 3 N–H and O–H groups in total. The molecule has 0 aliphatic heterocycles. The van der Waals surface area contributed by atoms with Crippen molar-refractivity contribution in [1.82, 2.24) is 4.98 Å². The fraction of sp³-hybridized carbons (Fsp3) is 0.0667. The van der Waals surface area contributed by atoms with E-state index in [0.29, 0.717) is 16.4 Å². The number of nitrogens with two attached hydrogens (primary N) is 1. The molecule has 4 nitrogen and oxygen atoms in total. The van der Waals surface area contributed by atoms with Crippen molar-refractivity contribution >= 4 is 38.3 Å². The quantitative estimate of drug-likeness (QED) is 0.730. The number of hydrogen-bond acceptors (Lipinski definition) is 4. The third-order valence-corrected chi connectivity index (χ3v) is 3.90. The van der Waals surface area contributed by atoms with Crippen LogP contribution < -0.4 is 11.1 Å². The molecule has 0 aliphatic carbocycles. The van der Waals surface area contributed by atoms with E-state index in [1.165, 1.54) is 17.4 Å². The van der Waals surface area contributed by atoms with Gasteiger partial charge in [0.2, 0.25) is 5.91 Å². The predicted molar refractivity (Wildman–Crippen MR) is 82.8 cm³/mol. The first kappa shape index (κ1) is 13.5. The molecular weight excluding hydrogens is 289 g/mol. The summed E-state index contributed by atoms with van der Waals surface area (Å²) in [6.45, 7) is 0. The third-order valence-electron chi connectivity index (χ3n) is 2.97. The monoisotopic (exact) mass is 301 g/mol. The molecule has 0 radical (unpaired) electrons. The van der Waals surface area contributed by atoms with Gasteiger partial charge < -0.3 is 11.1 Å². The number of amides is 1. The Bertz CT molecular complexity index is 816. The largest absolute Gasteiger partial charge is 0.399 e. The normalized spacial score (nSPS) is 10.7. The van der Waals surface area contributed by atoms with Crippen molar-refractivity contribution in [3.63, 3.8) is 0 Å². The van der Waals surface area contributed by atoms with Crippen LogP contribution in [0.3, 0.4) is 0 Å². The molecule has 106 valence electrons. The van der Waals surface area contributed by atoms with E-state index in [0.717, 1.165) is 10.2 Å². The minimum absolute atomic E-state index is 0.0231. The number of anilines is 2. The molecule has 3 rings (SSSR count). The summed E-state index contributed by atoms with van der Waals surface area (Å²) in [5.41, 5.74) is 7.49. The zero-order chi connectivity index (χ0) is 14.8. The minimum atomic E-state index is -0.385. The van der Waals surface area contributed by atoms with E-state index in [2.05, 4.69) is 10.3 Å². The van der Waals surface area contributed by atoms with Gasteiger partial charge in [-0.2, -0.15) is 0 Å². The van der Waals surface area contributed by atoms with E-state index < -0.39 is 0 Å². The summed E-state index contributed by atoms with van der Waals surface area (Å²) in [4.78, 5) is 16.2. The lowest BCUT2D eigenvalue weighted by molar-refractivity contribution is -0.115. The third kappa shape index (κ3) is 3.00. The van der Waals surface area contributed by atoms with Gasteiger partial charge in [0.25, 0.3) is 0 Å². The fourth-order valence-corrected chi connectivity index (χ4v) is 2.90. The predicted octanol–water partition coefficient (Wildman–Crippen LogP) is 3.20. The molecule has 0 saturated carbocycles. The van der Waals surface area contributed by atoms with E-state index in [4.69, 9.17) is 5.73 Å². The highest BCUT2D eigenvalue weighted by Gasteiger charge is 2.10. The molecule has 6 heteroatoms. The Morgan fingerprint density at radius 3 is 2.90 bits per heavy atom. The van der Waals surface area contributed by atoms with E-state index in [1.54, 1.807) is 36.4 Å². The molecule has 2 aromatic carbocycles. The molecular formula is C15H12FN3OS. The molecule has 0 saturated heterocycles. The second-order valence-electron chi connectivity index (χ2n) is 4.56. The highest BCUT2D eigenvalue weighted by atomic mass is 32.1. The number of halogens is 1. The first-order valence-corrected chi connectivity index (χ1v) is 7.13. The van der Waals surface area contributed by atoms with Crippen LogP contribution in [0, 0.1) is 5.82 Å². The molecule has 0 spiro atoms. The van der Waals surface area contributed by atoms with Crippen LogP contribution in [0.15, 0.2) is 42.5 Å². The van der Waals surface area contributed by atoms with Crippen LogP contribution in [0.4, 0.5) is 15.2 Å². The molecule has 1 heterocycles. The molecule has 21 heavy (non-hydrogen) atoms. The van der Waals surface area contributed by atoms with E-state index >= 15 is 0 Å². The molecule has 0 bridgehead atoms. The molecule has 0 aliphatic rings. The molecule has 0 unspecified atom stereocenters. The molecule has 1 amide bonds. The van der Waals surface area contributed by atoms with Gasteiger partial charge in [0.15, 0.2) is 5.13 Å². The number of aromatic nitrogens is 1. The van der Waals surface area contributed by atoms with E-state index in [9.17, 15) is 9.18 Å². The van der Waals surface area contributed by atoms with Crippen LogP contribution in [0.1, 0.15) is 5.56 Å². The number of nitrogens with one attached hydrogen (secondary N) is 1. The lowest BCUT2D eigenvalue weighted by Gasteiger charge is -2.02. The maximum absolute atomic E-state index is 13.5. The Labute approximate surface area is 124 Å². The maximum Gasteiger partial charge on any atom is 0.230 e. The molecule has 1 aromatic heterocycles. The summed E-state index contributed by atoms with van der Waals surface area (Å²) >= 11 is 1.34. The average Bonchev–Trinajstić information content (AvgIpc) is 2.82. The summed E-state index contributed by atoms with van der Waals surface area (Å²) < 4.78 is 14.4. The minimum Gasteiger partial charge on any atom is -0.399 e. The first-order valence-electron chi connectivity index (χ1n) is 6.31. The fourth-order valence-electron chi connectivity index (χ4n) is 1.97. The standard InChI is InChI=1S/C15H12FN3OS/c16-11-4-2-1-3-9(11)7-14(20)19-15-18-12-6-5-10(17)8-13(12)21-15/h1-6,8H,7,17H2,(H,18,19,20). The zero-order valence-electron chi connectivity index (χ0n) is 11.0. The highest BCUT2D eigenvalue weighted by molar-refractivity contribution is 7.22. The van der Waals surface area contributed by atoms with Crippen LogP contribution >= 0.6 is 11.3 Å². The number of thiazole rings is 1. The Kier molecular flexibility index (Phi) is 3.53. The summed E-state index contributed by atoms with van der Waals surface area (Å²) in [5, 5.41) is 3.17. The van der Waals surface area contributed by atoms with Gasteiger partial charge >= 0.3 is 0 Å². The highest BCUT2D eigenvalue weighted by Crippen LogP contribution is 2.27. The summed E-state index contributed by atoms with van der Waals surface area (Å²) in [6, 6.07) is 11.6. The van der Waals surface area contributed by atoms with Gasteiger partial charge in [0, 0.05) is 5.69 Å². The number of fused-ring (bicyclic) bond motifs is 1. The Hall–Kier alpha value is -2.47. The topological polar surface area (TPSA) is 68.0 Å². The van der Waals surface area contributed by atoms with Gasteiger partial charge in [0.1, 0.15) is 5.82 Å². The van der Waals surface area contributed by atoms with Crippen molar-refractivity contribution in [2.45, 2.75) is 6.42 Å². The van der Waals surface area contributed by atoms with Gasteiger partial charge in [0.05, 0.1) is 16.6 Å². The smallest absolute Gasteiger partial charge is 0.230 e. The number of hydrogen-bond donors (Lipinski definition) is 2. The van der Waals surface area contributed by atoms with Crippen molar-refractivity contribution in [2.75, 3.05) is 11.1 Å². The number of nitrogens with zero attached hydrogens (tertiary/aromatic N) is 1. The van der Waals surface area contributed by atoms with Crippen LogP contribution in [0.25, 0.3) is 10.2 Å². The van der Waals surface area contributed by atoms with Gasteiger partial charge in [-0.15, -0.1) is 0 Å². The van der Waals surface area contributed by atoms with E-state index in [1.807, 2.05) is 0 Å². The second-order valence-corrected chi connectivity index (χ2v) is 5.59. The maximum atomic E-state index is 13.5. The van der Waals surface area contributed by atoms with Crippen molar-refractivity contribution < 1.29 is 9.18 Å². The Morgan fingerprint density at radius 1 is 1.29 bits per heavy atom. The van der Waals surface area contributed by atoms with E-state index in [-0.39, 0.29) is 18.1 Å². The van der Waals surface area contributed by atoms with Crippen molar-refractivity contribution in [1.29, 1.82) is 0 Å². The Morgan fingerprint density at radius 2 is 2.10 bits per heavy atom. The lowest BCUT2D eigenvalue weighted by atomic mass is 10.1. The van der Waals surface area contributed by atoms with Crippen LogP contribution in [-0.4, -0.2) is 10.9 Å². The zero-order valence-corrected chi connectivity index (χ0v) is 11.8. The van der Waals surface area contributed by atoms with Gasteiger partial charge in [-0.25, -0.2) is 9.37 Å². The molecule has 3 aromatic rings. The van der Waals surface area contributed by atoms with Gasteiger partial charge in [-0.3, -0.25) is 4.79 Å². The molecule has 0 fully saturated rings. The van der Waals surface area contributed by atoms with Crippen molar-refractivity contribution in [3.8, 4) is 0 Å². The van der Waals surface area contributed by atoms with Crippen molar-refractivity contribution in [3.05, 3.63) is 53.8 Å². The number of carbonyl (C=O) groups is 1. The van der Waals surface area contributed by atoms with Crippen LogP contribution in [0.5, 0.6) is 0 Å². The molecule has 0 atom stereocenters. The first-order chi connectivity index (χ1) is 10.1. The SMILES string of the molecule is Nc1ccc2nc(NC(=O)Cc3ccccc3F)sc2c1. The summed E-state index contributed by atoms with van der Waals surface area (Å²) in [5.74, 6) is -0.683. The lowest BCUT2D eigenvalue weighted by Crippen LogP contribution is -2.14. The van der Waals surface area contributed by atoms with Gasteiger partial charge in [-0.1, -0.05) is 29.5 Å². The van der Waals surface area contributed by atoms with Crippen LogP contribution in [0.2, 0.25) is 0 Å². The average molecular weight is 301 g/mol. The number of benzene rings is 2. The number of rotatable bonds is 3. The van der Waals surface area contributed by atoms with Crippen molar-refractivity contribution in [2.24, 2.45) is 0 Å². The number of carbonyl (C=O) groups excluding carboxylic acids is 1.